The van der Waals surface area contributed by atoms with Crippen molar-refractivity contribution in [3.63, 3.8) is 0 Å². The van der Waals surface area contributed by atoms with E-state index in [-0.39, 0.29) is 12.1 Å². The highest BCUT2D eigenvalue weighted by atomic mass is 16.5. The molecule has 21 heavy (non-hydrogen) atoms. The van der Waals surface area contributed by atoms with Crippen LogP contribution in [0.15, 0.2) is 0 Å². The van der Waals surface area contributed by atoms with Crippen molar-refractivity contribution in [3.8, 4) is 0 Å². The van der Waals surface area contributed by atoms with Gasteiger partial charge in [0.25, 0.3) is 0 Å². The van der Waals surface area contributed by atoms with Gasteiger partial charge in [-0.05, 0) is 31.6 Å². The molecule has 3 atom stereocenters. The molecule has 2 aliphatic rings. The number of amides is 2. The highest BCUT2D eigenvalue weighted by Crippen LogP contribution is 2.38. The summed E-state index contributed by atoms with van der Waals surface area (Å²) in [6, 6.07) is -0.760. The van der Waals surface area contributed by atoms with Crippen molar-refractivity contribution in [1.29, 1.82) is 0 Å². The van der Waals surface area contributed by atoms with E-state index in [1.54, 1.807) is 24.0 Å². The molecular formula is C15H26N2O4. The topological polar surface area (TPSA) is 70.1 Å². The van der Waals surface area contributed by atoms with Crippen LogP contribution in [0.1, 0.15) is 38.5 Å². The fourth-order valence-corrected chi connectivity index (χ4v) is 3.67. The Kier molecular flexibility index (Phi) is 5.45. The van der Waals surface area contributed by atoms with Gasteiger partial charge in [-0.15, -0.1) is 0 Å². The van der Waals surface area contributed by atoms with Crippen molar-refractivity contribution in [1.82, 2.24) is 9.80 Å². The molecule has 3 unspecified atom stereocenters. The predicted molar refractivity (Wildman–Crippen MR) is 78.1 cm³/mol. The highest BCUT2D eigenvalue weighted by Gasteiger charge is 2.44. The molecule has 1 aliphatic heterocycles. The van der Waals surface area contributed by atoms with Crippen molar-refractivity contribution in [2.24, 2.45) is 5.92 Å². The lowest BCUT2D eigenvalue weighted by molar-refractivity contribution is -0.146. The number of likely N-dealkylation sites (N-methyl/N-ethyl adjacent to an activating group) is 1. The molecule has 0 spiro atoms. The summed E-state index contributed by atoms with van der Waals surface area (Å²) >= 11 is 0. The van der Waals surface area contributed by atoms with Gasteiger partial charge in [0.05, 0.1) is 6.61 Å². The van der Waals surface area contributed by atoms with Crippen LogP contribution in [0.25, 0.3) is 0 Å². The van der Waals surface area contributed by atoms with E-state index in [1.807, 2.05) is 0 Å². The number of nitrogens with zero attached hydrogens (tertiary/aromatic N) is 2. The van der Waals surface area contributed by atoms with Crippen molar-refractivity contribution in [2.75, 3.05) is 27.3 Å². The van der Waals surface area contributed by atoms with Crippen LogP contribution >= 0.6 is 0 Å². The minimum absolute atomic E-state index is 0.0890. The summed E-state index contributed by atoms with van der Waals surface area (Å²) in [6.07, 6.45) is 5.81. The number of urea groups is 1. The molecule has 120 valence electrons. The molecular weight excluding hydrogens is 272 g/mol. The summed E-state index contributed by atoms with van der Waals surface area (Å²) in [5, 5.41) is 9.47. The zero-order chi connectivity index (χ0) is 15.4. The summed E-state index contributed by atoms with van der Waals surface area (Å²) in [5.41, 5.74) is 0. The van der Waals surface area contributed by atoms with E-state index in [1.165, 1.54) is 6.42 Å². The lowest BCUT2D eigenvalue weighted by Crippen LogP contribution is -2.60. The SMILES string of the molecule is COCCN(C)C(=O)N1C(C(=O)O)CCC2CCCCC21. The average molecular weight is 298 g/mol. The van der Waals surface area contributed by atoms with E-state index in [9.17, 15) is 14.7 Å². The maximum absolute atomic E-state index is 12.7. The van der Waals surface area contributed by atoms with Crippen molar-refractivity contribution >= 4 is 12.0 Å². The van der Waals surface area contributed by atoms with E-state index in [4.69, 9.17) is 4.74 Å². The average Bonchev–Trinajstić information content (AvgIpc) is 2.50. The van der Waals surface area contributed by atoms with Gasteiger partial charge in [-0.2, -0.15) is 0 Å². The number of carboxylic acids is 1. The second-order valence-corrected chi connectivity index (χ2v) is 6.15. The fourth-order valence-electron chi connectivity index (χ4n) is 3.67. The molecule has 2 fully saturated rings. The largest absolute Gasteiger partial charge is 0.480 e. The smallest absolute Gasteiger partial charge is 0.326 e. The maximum atomic E-state index is 12.7. The number of piperidine rings is 1. The van der Waals surface area contributed by atoms with Crippen LogP contribution < -0.4 is 0 Å². The van der Waals surface area contributed by atoms with Crippen molar-refractivity contribution < 1.29 is 19.4 Å². The zero-order valence-corrected chi connectivity index (χ0v) is 13.0. The first-order valence-corrected chi connectivity index (χ1v) is 7.81. The molecule has 6 heteroatoms. The summed E-state index contributed by atoms with van der Waals surface area (Å²) in [5.74, 6) is -0.415. The normalized spacial score (nSPS) is 28.9. The Hall–Kier alpha value is -1.30. The number of aliphatic carboxylic acids is 1. The molecule has 1 heterocycles. The molecule has 0 bridgehead atoms. The first-order chi connectivity index (χ1) is 10.1. The number of carbonyl (C=O) groups is 2. The van der Waals surface area contributed by atoms with Gasteiger partial charge in [0.2, 0.25) is 0 Å². The third-order valence-corrected chi connectivity index (χ3v) is 4.84. The Morgan fingerprint density at radius 3 is 2.62 bits per heavy atom. The van der Waals surface area contributed by atoms with Gasteiger partial charge in [0.1, 0.15) is 6.04 Å². The van der Waals surface area contributed by atoms with Crippen LogP contribution in [0.5, 0.6) is 0 Å². The highest BCUT2D eigenvalue weighted by molar-refractivity contribution is 5.83. The van der Waals surface area contributed by atoms with Gasteiger partial charge >= 0.3 is 12.0 Å². The monoisotopic (exact) mass is 298 g/mol. The standard InChI is InChI=1S/C15H26N2O4/c1-16(9-10-21-2)15(20)17-12-6-4-3-5-11(12)7-8-13(17)14(18)19/h11-13H,3-10H2,1-2H3,(H,18,19). The molecule has 1 saturated heterocycles. The molecule has 0 aromatic heterocycles. The van der Waals surface area contributed by atoms with Crippen LogP contribution in [0.4, 0.5) is 4.79 Å². The minimum atomic E-state index is -0.882. The van der Waals surface area contributed by atoms with Crippen LogP contribution in [-0.4, -0.2) is 66.3 Å². The number of fused-ring (bicyclic) bond motifs is 1. The van der Waals surface area contributed by atoms with E-state index >= 15 is 0 Å². The van der Waals surface area contributed by atoms with Crippen LogP contribution in [-0.2, 0) is 9.53 Å². The quantitative estimate of drug-likeness (QED) is 0.859. The van der Waals surface area contributed by atoms with Crippen LogP contribution in [0, 0.1) is 5.92 Å². The predicted octanol–water partition coefficient (Wildman–Crippen LogP) is 1.79. The number of hydrogen-bond acceptors (Lipinski definition) is 3. The Bertz CT molecular complexity index is 388. The summed E-state index contributed by atoms with van der Waals surface area (Å²) < 4.78 is 5.00. The van der Waals surface area contributed by atoms with E-state index in [0.29, 0.717) is 25.5 Å². The van der Waals surface area contributed by atoms with Gasteiger partial charge in [-0.3, -0.25) is 0 Å². The summed E-state index contributed by atoms with van der Waals surface area (Å²) in [6.45, 7) is 0.942. The Labute approximate surface area is 126 Å². The number of carbonyl (C=O) groups excluding carboxylic acids is 1. The van der Waals surface area contributed by atoms with Gasteiger partial charge < -0.3 is 19.6 Å². The van der Waals surface area contributed by atoms with Crippen molar-refractivity contribution in [3.05, 3.63) is 0 Å². The lowest BCUT2D eigenvalue weighted by atomic mass is 9.76. The van der Waals surface area contributed by atoms with Gasteiger partial charge in [-0.25, -0.2) is 9.59 Å². The maximum Gasteiger partial charge on any atom is 0.326 e. The summed E-state index contributed by atoms with van der Waals surface area (Å²) in [4.78, 5) is 27.5. The minimum Gasteiger partial charge on any atom is -0.480 e. The Morgan fingerprint density at radius 2 is 1.95 bits per heavy atom. The number of rotatable bonds is 4. The number of ether oxygens (including phenoxy) is 1. The third kappa shape index (κ3) is 3.48. The van der Waals surface area contributed by atoms with E-state index in [2.05, 4.69) is 0 Å². The molecule has 6 nitrogen and oxygen atoms in total. The lowest BCUT2D eigenvalue weighted by Gasteiger charge is -2.48. The molecule has 1 aliphatic carbocycles. The molecule has 1 saturated carbocycles. The second kappa shape index (κ2) is 7.11. The Morgan fingerprint density at radius 1 is 1.24 bits per heavy atom. The third-order valence-electron chi connectivity index (χ3n) is 4.84. The summed E-state index contributed by atoms with van der Waals surface area (Å²) in [7, 11) is 3.31. The van der Waals surface area contributed by atoms with Crippen molar-refractivity contribution in [2.45, 2.75) is 50.6 Å². The first kappa shape index (κ1) is 16.1. The van der Waals surface area contributed by atoms with E-state index < -0.39 is 12.0 Å². The molecule has 0 aromatic carbocycles. The van der Waals surface area contributed by atoms with Crippen LogP contribution in [0.2, 0.25) is 0 Å². The van der Waals surface area contributed by atoms with Gasteiger partial charge in [-0.1, -0.05) is 12.8 Å². The number of hydrogen-bond donors (Lipinski definition) is 1. The van der Waals surface area contributed by atoms with E-state index in [0.717, 1.165) is 25.7 Å². The Balaban J connectivity index is 2.15. The van der Waals surface area contributed by atoms with Gasteiger partial charge in [0.15, 0.2) is 0 Å². The first-order valence-electron chi connectivity index (χ1n) is 7.81. The molecule has 0 aromatic rings. The molecule has 0 radical (unpaired) electrons. The number of carboxylic acid groups (broad SMARTS) is 1. The number of likely N-dealkylation sites (tertiary alicyclic amines) is 1. The van der Waals surface area contributed by atoms with Crippen LogP contribution in [0.3, 0.4) is 0 Å². The molecule has 2 amide bonds. The number of methoxy groups -OCH3 is 1. The fraction of sp³-hybridized carbons (Fsp3) is 0.867. The second-order valence-electron chi connectivity index (χ2n) is 6.15. The zero-order valence-electron chi connectivity index (χ0n) is 13.0. The van der Waals surface area contributed by atoms with Gasteiger partial charge in [0, 0.05) is 26.7 Å². The molecule has 1 N–H and O–H groups in total. The molecule has 2 rings (SSSR count).